The number of carboxylic acid groups (broad SMARTS) is 1. The first-order chi connectivity index (χ1) is 37.5. The fraction of sp³-hybridized carbons (Fsp3) is 0.207. The molecule has 2 unspecified atom stereocenters. The zero-order valence-corrected chi connectivity index (χ0v) is 44.5. The van der Waals surface area contributed by atoms with Crippen LogP contribution in [0.15, 0.2) is 147 Å². The Morgan fingerprint density at radius 2 is 0.812 bits per heavy atom. The van der Waals surface area contributed by atoms with E-state index in [4.69, 9.17) is 30.6 Å². The van der Waals surface area contributed by atoms with Crippen LogP contribution < -0.4 is 21.3 Å². The second-order valence-corrected chi connectivity index (χ2v) is 17.2. The Morgan fingerprint density at radius 3 is 1.15 bits per heavy atom. The average Bonchev–Trinajstić information content (AvgIpc) is 3.41. The smallest absolute Gasteiger partial charge is 0.328 e. The number of amides is 4. The Balaban J connectivity index is 0.000000507. The number of rotatable bonds is 19. The number of hydrogen-bond donors (Lipinski definition) is 15. The second-order valence-electron chi connectivity index (χ2n) is 17.2. The molecule has 4 amide bonds. The van der Waals surface area contributed by atoms with Crippen molar-refractivity contribution in [2.24, 2.45) is 0 Å². The van der Waals surface area contributed by atoms with Crippen LogP contribution in [-0.2, 0) is 59.2 Å². The average molecular weight is 1110 g/mol. The predicted molar refractivity (Wildman–Crippen MR) is 298 cm³/mol. The van der Waals surface area contributed by atoms with Crippen LogP contribution in [0.2, 0.25) is 0 Å². The van der Waals surface area contributed by atoms with Crippen LogP contribution in [-0.4, -0.2) is 124 Å². The van der Waals surface area contributed by atoms with E-state index in [9.17, 15) is 54.3 Å². The van der Waals surface area contributed by atoms with Crippen LogP contribution in [0.3, 0.4) is 0 Å². The molecule has 80 heavy (non-hydrogen) atoms. The summed E-state index contributed by atoms with van der Waals surface area (Å²) in [5.41, 5.74) is 4.46. The number of hydrogen-bond acceptors (Lipinski definition) is 17. The van der Waals surface area contributed by atoms with Gasteiger partial charge in [0, 0.05) is 42.7 Å². The molecule has 5 rings (SSSR count). The molecule has 0 aliphatic carbocycles. The van der Waals surface area contributed by atoms with Gasteiger partial charge < -0.3 is 82.2 Å². The van der Waals surface area contributed by atoms with Crippen molar-refractivity contribution in [3.05, 3.63) is 175 Å². The molecule has 0 bridgehead atoms. The van der Waals surface area contributed by atoms with Crippen molar-refractivity contribution in [3.8, 4) is 57.5 Å². The summed E-state index contributed by atoms with van der Waals surface area (Å²) in [6.45, 7) is 22.8. The molecule has 0 aliphatic rings. The van der Waals surface area contributed by atoms with E-state index in [0.29, 0.717) is 42.6 Å². The van der Waals surface area contributed by atoms with Crippen molar-refractivity contribution in [1.82, 2.24) is 21.3 Å². The molecule has 0 heterocycles. The maximum atomic E-state index is 11.6. The Hall–Kier alpha value is -10.4. The highest BCUT2D eigenvalue weighted by Crippen LogP contribution is 2.28. The maximum Gasteiger partial charge on any atom is 0.328 e. The molecule has 15 N–H and O–H groups in total. The number of carbonyl (C=O) groups is 6. The predicted octanol–water partition coefficient (Wildman–Crippen LogP) is 5.68. The van der Waals surface area contributed by atoms with Gasteiger partial charge in [-0.3, -0.25) is 19.2 Å². The van der Waals surface area contributed by atoms with Crippen molar-refractivity contribution in [2.45, 2.75) is 58.5 Å². The lowest BCUT2D eigenvalue weighted by atomic mass is 10.0. The summed E-state index contributed by atoms with van der Waals surface area (Å²) in [6.07, 6.45) is 4.09. The van der Waals surface area contributed by atoms with Crippen molar-refractivity contribution in [2.75, 3.05) is 20.2 Å². The summed E-state index contributed by atoms with van der Waals surface area (Å²) in [4.78, 5) is 67.6. The van der Waals surface area contributed by atoms with Gasteiger partial charge in [-0.25, -0.2) is 9.59 Å². The second kappa shape index (κ2) is 34.3. The van der Waals surface area contributed by atoms with E-state index < -0.39 is 35.8 Å². The van der Waals surface area contributed by atoms with Gasteiger partial charge in [-0.2, -0.15) is 0 Å². The van der Waals surface area contributed by atoms with Gasteiger partial charge in [0.2, 0.25) is 23.6 Å². The first kappa shape index (κ1) is 67.6. The maximum absolute atomic E-state index is 11.6. The van der Waals surface area contributed by atoms with Crippen molar-refractivity contribution in [3.63, 3.8) is 0 Å². The Bertz CT molecular complexity index is 3020. The van der Waals surface area contributed by atoms with Crippen LogP contribution in [0.5, 0.6) is 57.5 Å². The molecule has 0 aromatic heterocycles. The number of nitrogens with one attached hydrogen (secondary N) is 4. The van der Waals surface area contributed by atoms with Gasteiger partial charge in [-0.05, 0) is 128 Å². The normalized spacial score (nSPS) is 10.6. The first-order valence-corrected chi connectivity index (χ1v) is 23.8. The van der Waals surface area contributed by atoms with Crippen molar-refractivity contribution in [1.29, 1.82) is 0 Å². The number of aliphatic carboxylic acids is 1. The molecule has 0 saturated heterocycles. The fourth-order valence-electron chi connectivity index (χ4n) is 5.95. The highest BCUT2D eigenvalue weighted by molar-refractivity contribution is 5.96. The third-order valence-corrected chi connectivity index (χ3v) is 10.4. The standard InChI is InChI=1S/C14H17NO5.C13H15NO5.C12H15NO3.C11H13NO3.C8H8O2/c1-8(2)13(18)15-10(14(19)20-3)6-9-4-5-11(16)12(17)7-9;1-7(2)12(17)14-9(13(18)19)5-8-3-4-10(15)11(16)6-8;1-8(2)12(16)13-6-5-9-3-4-10(14)11(15)7-9;1-2-11(15)12-6-5-8-3-4-9(13)10(14)7-8;1-2-6-3-4-7(9)8(10)5-6/h4-5,7,10,16-17H,1,6H2,2-3H3,(H,15,18);3-4,6,9,15-16H,1,5H2,2H3,(H,14,17)(H,18,19);3-4,7,14-15H,1,5-6H2,2H3,(H,13,16);2-4,7,13-14H,1,5-6H2,(H,12,15);2-5,9-10H,1H2. The summed E-state index contributed by atoms with van der Waals surface area (Å²) in [6, 6.07) is 19.8. The van der Waals surface area contributed by atoms with Gasteiger partial charge in [0.15, 0.2) is 57.5 Å². The van der Waals surface area contributed by atoms with Crippen LogP contribution in [0.25, 0.3) is 6.08 Å². The van der Waals surface area contributed by atoms with Gasteiger partial charge in [0.05, 0.1) is 7.11 Å². The third kappa shape index (κ3) is 25.4. The van der Waals surface area contributed by atoms with Crippen LogP contribution >= 0.6 is 0 Å². The summed E-state index contributed by atoms with van der Waals surface area (Å²) < 4.78 is 4.62. The highest BCUT2D eigenvalue weighted by Gasteiger charge is 2.23. The third-order valence-electron chi connectivity index (χ3n) is 10.4. The minimum absolute atomic E-state index is 0.0117. The van der Waals surface area contributed by atoms with Gasteiger partial charge in [-0.1, -0.05) is 69.3 Å². The molecule has 5 aromatic carbocycles. The number of phenolic OH excluding ortho intramolecular Hbond substituents is 10. The number of carboxylic acids is 1. The minimum Gasteiger partial charge on any atom is -0.504 e. The Labute approximate surface area is 461 Å². The summed E-state index contributed by atoms with van der Waals surface area (Å²) in [5.74, 6) is -5.19. The van der Waals surface area contributed by atoms with E-state index in [2.05, 4.69) is 58.9 Å². The zero-order valence-electron chi connectivity index (χ0n) is 44.5. The lowest BCUT2D eigenvalue weighted by molar-refractivity contribution is -0.144. The molecule has 0 radical (unpaired) electrons. The van der Waals surface area contributed by atoms with E-state index in [1.54, 1.807) is 31.2 Å². The number of aromatic hydroxyl groups is 10. The monoisotopic (exact) mass is 1110 g/mol. The van der Waals surface area contributed by atoms with Gasteiger partial charge >= 0.3 is 11.9 Å². The Kier molecular flexibility index (Phi) is 29.0. The number of phenols is 10. The molecular formula is C58H68N4O18. The van der Waals surface area contributed by atoms with Crippen LogP contribution in [0, 0.1) is 0 Å². The molecule has 0 spiro atoms. The molecule has 5 aromatic rings. The van der Waals surface area contributed by atoms with Gasteiger partial charge in [-0.15, -0.1) is 0 Å². The van der Waals surface area contributed by atoms with E-state index in [1.165, 1.54) is 99.8 Å². The molecule has 0 fully saturated rings. The first-order valence-electron chi connectivity index (χ1n) is 23.8. The van der Waals surface area contributed by atoms with Gasteiger partial charge in [0.1, 0.15) is 12.1 Å². The van der Waals surface area contributed by atoms with Crippen LogP contribution in [0.1, 0.15) is 48.6 Å². The van der Waals surface area contributed by atoms with Crippen LogP contribution in [0.4, 0.5) is 0 Å². The number of esters is 1. The topological polar surface area (TPSA) is 382 Å². The summed E-state index contributed by atoms with van der Waals surface area (Å²) >= 11 is 0. The van der Waals surface area contributed by atoms with Crippen molar-refractivity contribution < 1.29 is 89.7 Å². The lowest BCUT2D eigenvalue weighted by Crippen LogP contribution is -2.43. The fourth-order valence-corrected chi connectivity index (χ4v) is 5.95. The van der Waals surface area contributed by atoms with E-state index in [-0.39, 0.29) is 93.3 Å². The largest absolute Gasteiger partial charge is 0.504 e. The van der Waals surface area contributed by atoms with Crippen molar-refractivity contribution >= 4 is 41.6 Å². The molecule has 0 saturated carbocycles. The van der Waals surface area contributed by atoms with Gasteiger partial charge in [0.25, 0.3) is 0 Å². The highest BCUT2D eigenvalue weighted by atomic mass is 16.5. The zero-order chi connectivity index (χ0) is 60.8. The summed E-state index contributed by atoms with van der Waals surface area (Å²) in [5, 5.41) is 111. The number of carbonyl (C=O) groups excluding carboxylic acids is 5. The lowest BCUT2D eigenvalue weighted by Gasteiger charge is -2.16. The quantitative estimate of drug-likeness (QED) is 0.0269. The van der Waals surface area contributed by atoms with E-state index >= 15 is 0 Å². The number of benzene rings is 5. The Morgan fingerprint density at radius 1 is 0.475 bits per heavy atom. The SMILES string of the molecule is C=C(C)C(=O)NC(Cc1ccc(O)c(O)c1)C(=O)O.C=C(C)C(=O)NC(Cc1ccc(O)c(O)c1)C(=O)OC.C=C(C)C(=O)NCCc1ccc(O)c(O)c1.C=CC(=O)NCCc1ccc(O)c(O)c1.C=Cc1ccc(O)c(O)c1. The molecule has 2 atom stereocenters. The van der Waals surface area contributed by atoms with E-state index in [1.807, 2.05) is 0 Å². The molecule has 0 aliphatic heterocycles. The number of methoxy groups -OCH3 is 1. The summed E-state index contributed by atoms with van der Waals surface area (Å²) in [7, 11) is 1.22. The van der Waals surface area contributed by atoms with E-state index in [0.717, 1.165) is 16.7 Å². The number of ether oxygens (including phenoxy) is 1. The molecule has 22 nitrogen and oxygen atoms in total. The minimum atomic E-state index is -1.19. The molecule has 22 heteroatoms. The molecule has 428 valence electrons. The molecular weight excluding hydrogens is 1040 g/mol.